The van der Waals surface area contributed by atoms with Crippen molar-refractivity contribution >= 4 is 16.9 Å². The number of rotatable bonds is 5. The molecule has 1 atom stereocenters. The second-order valence-corrected chi connectivity index (χ2v) is 4.31. The van der Waals surface area contributed by atoms with Gasteiger partial charge in [0.15, 0.2) is 0 Å². The predicted molar refractivity (Wildman–Crippen MR) is 72.3 cm³/mol. The van der Waals surface area contributed by atoms with E-state index in [2.05, 4.69) is 4.98 Å². The maximum absolute atomic E-state index is 10.9. The maximum Gasteiger partial charge on any atom is 0.304 e. The van der Waals surface area contributed by atoms with Gasteiger partial charge in [-0.15, -0.1) is 0 Å². The summed E-state index contributed by atoms with van der Waals surface area (Å²) in [6.07, 6.45) is 1.68. The van der Waals surface area contributed by atoms with E-state index in [0.717, 1.165) is 16.5 Å². The summed E-state index contributed by atoms with van der Waals surface area (Å²) in [6.45, 7) is 0.280. The molecule has 0 aliphatic carbocycles. The lowest BCUT2D eigenvalue weighted by Gasteiger charge is -2.15. The predicted octanol–water partition coefficient (Wildman–Crippen LogP) is 1.76. The normalized spacial score (nSPS) is 12.3. The van der Waals surface area contributed by atoms with Crippen LogP contribution in [-0.4, -0.2) is 29.7 Å². The molecule has 0 saturated carbocycles. The number of hydrogen-bond acceptors (Lipinski definition) is 4. The summed E-state index contributed by atoms with van der Waals surface area (Å²) < 4.78 is 5.20. The van der Waals surface area contributed by atoms with Crippen LogP contribution in [-0.2, 0) is 4.79 Å². The summed E-state index contributed by atoms with van der Waals surface area (Å²) in [7, 11) is 1.59. The number of nitrogens with two attached hydrogens (primary N) is 1. The Labute approximate surface area is 111 Å². The van der Waals surface area contributed by atoms with Crippen LogP contribution < -0.4 is 10.5 Å². The number of fused-ring (bicyclic) bond motifs is 1. The number of carbonyl (C=O) groups is 1. The Kier molecular flexibility index (Phi) is 3.97. The largest absolute Gasteiger partial charge is 0.497 e. The Morgan fingerprint density at radius 2 is 2.26 bits per heavy atom. The third kappa shape index (κ3) is 2.82. The molecule has 0 aliphatic rings. The fraction of sp³-hybridized carbons (Fsp3) is 0.286. The van der Waals surface area contributed by atoms with Gasteiger partial charge in [0.25, 0.3) is 0 Å². The first-order chi connectivity index (χ1) is 9.15. The van der Waals surface area contributed by atoms with E-state index >= 15 is 0 Å². The van der Waals surface area contributed by atoms with Crippen LogP contribution in [0.3, 0.4) is 0 Å². The van der Waals surface area contributed by atoms with Crippen molar-refractivity contribution in [1.29, 1.82) is 0 Å². The average molecular weight is 260 g/mol. The molecule has 0 spiro atoms. The van der Waals surface area contributed by atoms with Crippen molar-refractivity contribution in [2.24, 2.45) is 5.73 Å². The molecular formula is C14H16N2O3. The van der Waals surface area contributed by atoms with Crippen LogP contribution in [0.1, 0.15) is 17.9 Å². The van der Waals surface area contributed by atoms with Gasteiger partial charge in [-0.3, -0.25) is 9.78 Å². The van der Waals surface area contributed by atoms with Gasteiger partial charge in [-0.2, -0.15) is 0 Å². The second kappa shape index (κ2) is 5.67. The van der Waals surface area contributed by atoms with E-state index in [1.807, 2.05) is 24.3 Å². The van der Waals surface area contributed by atoms with E-state index in [-0.39, 0.29) is 18.9 Å². The highest BCUT2D eigenvalue weighted by Crippen LogP contribution is 2.28. The van der Waals surface area contributed by atoms with Crippen molar-refractivity contribution in [1.82, 2.24) is 4.98 Å². The van der Waals surface area contributed by atoms with Crippen molar-refractivity contribution in [2.45, 2.75) is 12.3 Å². The fourth-order valence-corrected chi connectivity index (χ4v) is 2.16. The highest BCUT2D eigenvalue weighted by molar-refractivity contribution is 5.84. The second-order valence-electron chi connectivity index (χ2n) is 4.31. The first-order valence-electron chi connectivity index (χ1n) is 6.00. The molecule has 0 saturated heterocycles. The van der Waals surface area contributed by atoms with Crippen LogP contribution in [0.5, 0.6) is 5.75 Å². The molecular weight excluding hydrogens is 244 g/mol. The molecule has 3 N–H and O–H groups in total. The summed E-state index contributed by atoms with van der Waals surface area (Å²) >= 11 is 0. The van der Waals surface area contributed by atoms with Gasteiger partial charge >= 0.3 is 5.97 Å². The molecule has 0 amide bonds. The van der Waals surface area contributed by atoms with E-state index in [9.17, 15) is 4.79 Å². The van der Waals surface area contributed by atoms with E-state index in [0.29, 0.717) is 5.75 Å². The van der Waals surface area contributed by atoms with Crippen molar-refractivity contribution in [3.05, 3.63) is 36.0 Å². The number of benzene rings is 1. The first kappa shape index (κ1) is 13.3. The summed E-state index contributed by atoms with van der Waals surface area (Å²) in [4.78, 5) is 15.2. The molecule has 1 unspecified atom stereocenters. The number of carboxylic acids is 1. The summed E-state index contributed by atoms with van der Waals surface area (Å²) in [5.41, 5.74) is 7.40. The highest BCUT2D eigenvalue weighted by Gasteiger charge is 2.17. The monoisotopic (exact) mass is 260 g/mol. The van der Waals surface area contributed by atoms with Gasteiger partial charge in [-0.25, -0.2) is 0 Å². The van der Waals surface area contributed by atoms with Gasteiger partial charge in [0.2, 0.25) is 0 Å². The van der Waals surface area contributed by atoms with Gasteiger partial charge in [-0.05, 0) is 36.4 Å². The van der Waals surface area contributed by atoms with Crippen LogP contribution in [0.25, 0.3) is 10.9 Å². The fourth-order valence-electron chi connectivity index (χ4n) is 2.16. The minimum Gasteiger partial charge on any atom is -0.497 e. The molecule has 100 valence electrons. The Morgan fingerprint density at radius 3 is 2.89 bits per heavy atom. The molecule has 0 bridgehead atoms. The van der Waals surface area contributed by atoms with Gasteiger partial charge in [0.1, 0.15) is 5.75 Å². The Morgan fingerprint density at radius 1 is 1.47 bits per heavy atom. The SMILES string of the molecule is COc1ccc2nccc(C(CN)CC(=O)O)c2c1. The number of aromatic nitrogens is 1. The quantitative estimate of drug-likeness (QED) is 0.855. The zero-order valence-electron chi connectivity index (χ0n) is 10.7. The summed E-state index contributed by atoms with van der Waals surface area (Å²) in [6, 6.07) is 7.37. The molecule has 5 nitrogen and oxygen atoms in total. The third-order valence-corrected chi connectivity index (χ3v) is 3.13. The van der Waals surface area contributed by atoms with Crippen molar-refractivity contribution in [3.8, 4) is 5.75 Å². The molecule has 1 aromatic carbocycles. The molecule has 2 aromatic rings. The van der Waals surface area contributed by atoms with Crippen LogP contribution in [0.4, 0.5) is 0 Å². The molecule has 2 rings (SSSR count). The van der Waals surface area contributed by atoms with Crippen LogP contribution in [0.15, 0.2) is 30.5 Å². The number of methoxy groups -OCH3 is 1. The third-order valence-electron chi connectivity index (χ3n) is 3.13. The number of carboxylic acid groups (broad SMARTS) is 1. The van der Waals surface area contributed by atoms with Crippen molar-refractivity contribution < 1.29 is 14.6 Å². The topological polar surface area (TPSA) is 85.4 Å². The first-order valence-corrected chi connectivity index (χ1v) is 6.00. The van der Waals surface area contributed by atoms with Gasteiger partial charge in [-0.1, -0.05) is 0 Å². The van der Waals surface area contributed by atoms with Crippen LogP contribution >= 0.6 is 0 Å². The zero-order chi connectivity index (χ0) is 13.8. The Hall–Kier alpha value is -2.14. The molecule has 5 heteroatoms. The standard InChI is InChI=1S/C14H16N2O3/c1-19-10-2-3-13-12(7-10)11(4-5-16-13)9(8-15)6-14(17)18/h2-5,7,9H,6,8,15H2,1H3,(H,17,18). The average Bonchev–Trinajstić information content (AvgIpc) is 2.43. The highest BCUT2D eigenvalue weighted by atomic mass is 16.5. The number of nitrogens with zero attached hydrogens (tertiary/aromatic N) is 1. The molecule has 0 fully saturated rings. The molecule has 1 heterocycles. The number of pyridine rings is 1. The number of aliphatic carboxylic acids is 1. The van der Waals surface area contributed by atoms with Gasteiger partial charge in [0.05, 0.1) is 19.0 Å². The van der Waals surface area contributed by atoms with E-state index < -0.39 is 5.97 Å². The van der Waals surface area contributed by atoms with Crippen LogP contribution in [0.2, 0.25) is 0 Å². The lowest BCUT2D eigenvalue weighted by atomic mass is 9.93. The molecule has 19 heavy (non-hydrogen) atoms. The smallest absolute Gasteiger partial charge is 0.304 e. The van der Waals surface area contributed by atoms with Gasteiger partial charge < -0.3 is 15.6 Å². The van der Waals surface area contributed by atoms with E-state index in [4.69, 9.17) is 15.6 Å². The Bertz CT molecular complexity index is 598. The zero-order valence-corrected chi connectivity index (χ0v) is 10.7. The van der Waals surface area contributed by atoms with E-state index in [1.165, 1.54) is 0 Å². The maximum atomic E-state index is 10.9. The summed E-state index contributed by atoms with van der Waals surface area (Å²) in [5, 5.41) is 9.84. The lowest BCUT2D eigenvalue weighted by molar-refractivity contribution is -0.137. The molecule has 0 radical (unpaired) electrons. The minimum atomic E-state index is -0.858. The van der Waals surface area contributed by atoms with E-state index in [1.54, 1.807) is 13.3 Å². The summed E-state index contributed by atoms with van der Waals surface area (Å²) in [5.74, 6) is -0.369. The van der Waals surface area contributed by atoms with Crippen LogP contribution in [0, 0.1) is 0 Å². The lowest BCUT2D eigenvalue weighted by Crippen LogP contribution is -2.16. The minimum absolute atomic E-state index is 0.00677. The Balaban J connectivity index is 2.54. The molecule has 0 aliphatic heterocycles. The van der Waals surface area contributed by atoms with Crippen molar-refractivity contribution in [3.63, 3.8) is 0 Å². The molecule has 1 aromatic heterocycles. The van der Waals surface area contributed by atoms with Crippen molar-refractivity contribution in [2.75, 3.05) is 13.7 Å². The van der Waals surface area contributed by atoms with Gasteiger partial charge in [0, 0.05) is 17.5 Å². The number of ether oxygens (including phenoxy) is 1. The number of hydrogen-bond donors (Lipinski definition) is 2.